The third-order valence-electron chi connectivity index (χ3n) is 3.54. The largest absolute Gasteiger partial charge is 0.371 e. The number of nitrogens with one attached hydrogen (secondary N) is 1. The first-order chi connectivity index (χ1) is 8.31. The maximum Gasteiger partial charge on any atom is 0.0398 e. The van der Waals surface area contributed by atoms with Gasteiger partial charge in [-0.05, 0) is 50.4 Å². The predicted molar refractivity (Wildman–Crippen MR) is 74.7 cm³/mol. The van der Waals surface area contributed by atoms with Gasteiger partial charge in [-0.3, -0.25) is 0 Å². The molecule has 2 heteroatoms. The third kappa shape index (κ3) is 3.22. The molecule has 0 saturated carbocycles. The molecule has 2 nitrogen and oxygen atoms in total. The van der Waals surface area contributed by atoms with Crippen LogP contribution in [0.3, 0.4) is 0 Å². The van der Waals surface area contributed by atoms with E-state index in [-0.39, 0.29) is 0 Å². The Morgan fingerprint density at radius 2 is 2.12 bits per heavy atom. The van der Waals surface area contributed by atoms with Gasteiger partial charge in [0.1, 0.15) is 0 Å². The lowest BCUT2D eigenvalue weighted by Gasteiger charge is -2.35. The first-order valence-electron chi connectivity index (χ1n) is 6.78. The molecule has 2 rings (SSSR count). The molecule has 17 heavy (non-hydrogen) atoms. The Morgan fingerprint density at radius 3 is 2.94 bits per heavy atom. The zero-order valence-corrected chi connectivity index (χ0v) is 11.1. The Kier molecular flexibility index (Phi) is 4.43. The van der Waals surface area contributed by atoms with Gasteiger partial charge in [-0.2, -0.15) is 0 Å². The fourth-order valence-corrected chi connectivity index (χ4v) is 2.72. The first-order valence-corrected chi connectivity index (χ1v) is 6.78. The minimum atomic E-state index is 0.786. The van der Waals surface area contributed by atoms with Crippen molar-refractivity contribution < 1.29 is 0 Å². The standard InChI is InChI=1S/C15H24N2/c1-13-11-14-7-3-4-8-15(14)17(12-13)10-6-5-9-16-2/h3-4,7-8,13,16H,5-6,9-12H2,1-2H3. The number of rotatable bonds is 5. The maximum atomic E-state index is 3.21. The molecule has 0 aromatic heterocycles. The molecule has 94 valence electrons. The highest BCUT2D eigenvalue weighted by Crippen LogP contribution is 2.29. The van der Waals surface area contributed by atoms with Gasteiger partial charge in [0.05, 0.1) is 0 Å². The van der Waals surface area contributed by atoms with Crippen LogP contribution in [-0.2, 0) is 6.42 Å². The van der Waals surface area contributed by atoms with Crippen LogP contribution >= 0.6 is 0 Å². The van der Waals surface area contributed by atoms with E-state index < -0.39 is 0 Å². The van der Waals surface area contributed by atoms with E-state index in [1.807, 2.05) is 7.05 Å². The number of unbranched alkanes of at least 4 members (excludes halogenated alkanes) is 1. The van der Waals surface area contributed by atoms with Gasteiger partial charge in [0.15, 0.2) is 0 Å². The molecular formula is C15H24N2. The average Bonchev–Trinajstić information content (AvgIpc) is 2.34. The molecule has 1 aliphatic heterocycles. The van der Waals surface area contributed by atoms with Crippen LogP contribution in [-0.4, -0.2) is 26.7 Å². The average molecular weight is 232 g/mol. The summed E-state index contributed by atoms with van der Waals surface area (Å²) in [5.41, 5.74) is 3.00. The fourth-order valence-electron chi connectivity index (χ4n) is 2.72. The van der Waals surface area contributed by atoms with Crippen molar-refractivity contribution in [2.75, 3.05) is 31.6 Å². The fraction of sp³-hybridized carbons (Fsp3) is 0.600. The lowest BCUT2D eigenvalue weighted by atomic mass is 9.94. The molecule has 0 spiro atoms. The van der Waals surface area contributed by atoms with Crippen molar-refractivity contribution in [3.05, 3.63) is 29.8 Å². The second-order valence-corrected chi connectivity index (χ2v) is 5.19. The summed E-state index contributed by atoms with van der Waals surface area (Å²) in [5.74, 6) is 0.786. The van der Waals surface area contributed by atoms with Crippen molar-refractivity contribution in [2.24, 2.45) is 5.92 Å². The summed E-state index contributed by atoms with van der Waals surface area (Å²) in [6, 6.07) is 8.89. The summed E-state index contributed by atoms with van der Waals surface area (Å²) in [4.78, 5) is 2.57. The van der Waals surface area contributed by atoms with E-state index in [1.165, 1.54) is 43.6 Å². The van der Waals surface area contributed by atoms with Gasteiger partial charge in [0.2, 0.25) is 0 Å². The number of nitrogens with zero attached hydrogens (tertiary/aromatic N) is 1. The first kappa shape index (κ1) is 12.4. The van der Waals surface area contributed by atoms with Crippen molar-refractivity contribution >= 4 is 5.69 Å². The Labute approximate surface area is 105 Å². The molecule has 0 fully saturated rings. The summed E-state index contributed by atoms with van der Waals surface area (Å²) in [5, 5.41) is 3.21. The van der Waals surface area contributed by atoms with Crippen molar-refractivity contribution in [1.29, 1.82) is 0 Å². The Bertz CT molecular complexity index is 349. The second-order valence-electron chi connectivity index (χ2n) is 5.19. The van der Waals surface area contributed by atoms with Crippen molar-refractivity contribution in [3.63, 3.8) is 0 Å². The Morgan fingerprint density at radius 1 is 1.29 bits per heavy atom. The predicted octanol–water partition coefficient (Wildman–Crippen LogP) is 2.68. The SMILES string of the molecule is CNCCCCN1CC(C)Cc2ccccc21. The number of fused-ring (bicyclic) bond motifs is 1. The van der Waals surface area contributed by atoms with E-state index in [0.29, 0.717) is 0 Å². The Hall–Kier alpha value is -1.02. The quantitative estimate of drug-likeness (QED) is 0.785. The highest BCUT2D eigenvalue weighted by Gasteiger charge is 2.20. The highest BCUT2D eigenvalue weighted by atomic mass is 15.1. The van der Waals surface area contributed by atoms with Gasteiger partial charge >= 0.3 is 0 Å². The molecule has 0 radical (unpaired) electrons. The molecule has 1 N–H and O–H groups in total. The second kappa shape index (κ2) is 6.06. The van der Waals surface area contributed by atoms with E-state index in [0.717, 1.165) is 12.5 Å². The molecule has 1 aromatic carbocycles. The van der Waals surface area contributed by atoms with Crippen LogP contribution < -0.4 is 10.2 Å². The van der Waals surface area contributed by atoms with Crippen LogP contribution in [0.15, 0.2) is 24.3 Å². The van der Waals surface area contributed by atoms with Crippen LogP contribution in [0, 0.1) is 5.92 Å². The lowest BCUT2D eigenvalue weighted by molar-refractivity contribution is 0.521. The molecule has 1 atom stereocenters. The third-order valence-corrected chi connectivity index (χ3v) is 3.54. The van der Waals surface area contributed by atoms with Gasteiger partial charge in [-0.25, -0.2) is 0 Å². The summed E-state index contributed by atoms with van der Waals surface area (Å²) in [6.07, 6.45) is 3.79. The van der Waals surface area contributed by atoms with E-state index in [2.05, 4.69) is 41.4 Å². The molecule has 0 amide bonds. The number of para-hydroxylation sites is 1. The van der Waals surface area contributed by atoms with Gasteiger partial charge in [0.25, 0.3) is 0 Å². The van der Waals surface area contributed by atoms with Gasteiger partial charge in [-0.15, -0.1) is 0 Å². The monoisotopic (exact) mass is 232 g/mol. The molecular weight excluding hydrogens is 208 g/mol. The molecule has 0 aliphatic carbocycles. The molecule has 1 unspecified atom stereocenters. The summed E-state index contributed by atoms with van der Waals surface area (Å²) in [7, 11) is 2.03. The van der Waals surface area contributed by atoms with Crippen LogP contribution in [0.2, 0.25) is 0 Å². The molecule has 1 aromatic rings. The lowest BCUT2D eigenvalue weighted by Crippen LogP contribution is -2.35. The normalized spacial score (nSPS) is 19.2. The molecule has 1 heterocycles. The smallest absolute Gasteiger partial charge is 0.0398 e. The van der Waals surface area contributed by atoms with Gasteiger partial charge < -0.3 is 10.2 Å². The maximum absolute atomic E-state index is 3.21. The Balaban J connectivity index is 1.97. The van der Waals surface area contributed by atoms with Gasteiger partial charge in [-0.1, -0.05) is 25.1 Å². The molecule has 0 saturated heterocycles. The number of hydrogen-bond acceptors (Lipinski definition) is 2. The van der Waals surface area contributed by atoms with E-state index in [9.17, 15) is 0 Å². The number of anilines is 1. The van der Waals surface area contributed by atoms with Crippen molar-refractivity contribution in [3.8, 4) is 0 Å². The van der Waals surface area contributed by atoms with Crippen LogP contribution in [0.1, 0.15) is 25.3 Å². The van der Waals surface area contributed by atoms with E-state index >= 15 is 0 Å². The minimum absolute atomic E-state index is 0.786. The van der Waals surface area contributed by atoms with E-state index in [4.69, 9.17) is 0 Å². The number of benzene rings is 1. The van der Waals surface area contributed by atoms with Crippen LogP contribution in [0.4, 0.5) is 5.69 Å². The summed E-state index contributed by atoms with van der Waals surface area (Å²) >= 11 is 0. The minimum Gasteiger partial charge on any atom is -0.371 e. The van der Waals surface area contributed by atoms with E-state index in [1.54, 1.807) is 0 Å². The molecule has 1 aliphatic rings. The number of hydrogen-bond donors (Lipinski definition) is 1. The van der Waals surface area contributed by atoms with Gasteiger partial charge in [0, 0.05) is 18.8 Å². The molecule has 0 bridgehead atoms. The summed E-state index contributed by atoms with van der Waals surface area (Å²) in [6.45, 7) is 5.90. The zero-order valence-electron chi connectivity index (χ0n) is 11.1. The van der Waals surface area contributed by atoms with Crippen molar-refractivity contribution in [2.45, 2.75) is 26.2 Å². The van der Waals surface area contributed by atoms with Crippen LogP contribution in [0.25, 0.3) is 0 Å². The van der Waals surface area contributed by atoms with Crippen LogP contribution in [0.5, 0.6) is 0 Å². The highest BCUT2D eigenvalue weighted by molar-refractivity contribution is 5.55. The topological polar surface area (TPSA) is 15.3 Å². The van der Waals surface area contributed by atoms with Crippen molar-refractivity contribution in [1.82, 2.24) is 5.32 Å². The summed E-state index contributed by atoms with van der Waals surface area (Å²) < 4.78 is 0. The zero-order chi connectivity index (χ0) is 12.1.